The molecule has 2 aliphatic rings. The molecule has 2 fully saturated rings. The van der Waals surface area contributed by atoms with Crippen molar-refractivity contribution < 1.29 is 19.4 Å². The predicted octanol–water partition coefficient (Wildman–Crippen LogP) is 0.611. The van der Waals surface area contributed by atoms with E-state index >= 15 is 0 Å². The fraction of sp³-hybridized carbons (Fsp3) is 0.857. The van der Waals surface area contributed by atoms with Crippen molar-refractivity contribution in [3.05, 3.63) is 0 Å². The number of aliphatic carboxylic acids is 1. The van der Waals surface area contributed by atoms with E-state index in [1.807, 2.05) is 6.92 Å². The number of nitrogens with one attached hydrogen (secondary N) is 1. The van der Waals surface area contributed by atoms with Crippen molar-refractivity contribution >= 4 is 11.9 Å². The van der Waals surface area contributed by atoms with Crippen LogP contribution in [0.2, 0.25) is 0 Å². The highest BCUT2D eigenvalue weighted by Crippen LogP contribution is 2.32. The van der Waals surface area contributed by atoms with Gasteiger partial charge < -0.3 is 20.1 Å². The average Bonchev–Trinajstić information content (AvgIpc) is 2.91. The molecule has 0 aromatic heterocycles. The average molecular weight is 284 g/mol. The number of carboxylic acid groups (broad SMARTS) is 1. The highest BCUT2D eigenvalue weighted by Gasteiger charge is 2.48. The third-order valence-electron chi connectivity index (χ3n) is 4.50. The van der Waals surface area contributed by atoms with Gasteiger partial charge in [0, 0.05) is 6.54 Å². The standard InChI is InChI=1S/C14H24N2O4/c1-2-14(13(18)19)6-3-9-16(14)12(17)10-20-11-4-7-15-8-5-11/h11,15H,2-10H2,1H3,(H,18,19). The number of rotatable bonds is 5. The molecule has 0 aromatic carbocycles. The molecule has 2 heterocycles. The number of carboxylic acids is 1. The molecule has 0 aliphatic carbocycles. The molecular weight excluding hydrogens is 260 g/mol. The number of nitrogens with zero attached hydrogens (tertiary/aromatic N) is 1. The summed E-state index contributed by atoms with van der Waals surface area (Å²) in [6.45, 7) is 4.18. The first-order valence-corrected chi connectivity index (χ1v) is 7.46. The van der Waals surface area contributed by atoms with E-state index in [4.69, 9.17) is 4.74 Å². The second kappa shape index (κ2) is 6.54. The number of hydrogen-bond donors (Lipinski definition) is 2. The van der Waals surface area contributed by atoms with Crippen LogP contribution < -0.4 is 5.32 Å². The number of amides is 1. The molecule has 6 heteroatoms. The van der Waals surface area contributed by atoms with Crippen molar-refractivity contribution in [1.82, 2.24) is 10.2 Å². The third kappa shape index (κ3) is 2.96. The van der Waals surface area contributed by atoms with Crippen LogP contribution in [0.5, 0.6) is 0 Å². The maximum Gasteiger partial charge on any atom is 0.329 e. The number of carbonyl (C=O) groups is 2. The lowest BCUT2D eigenvalue weighted by atomic mass is 9.93. The summed E-state index contributed by atoms with van der Waals surface area (Å²) in [4.78, 5) is 25.3. The van der Waals surface area contributed by atoms with Gasteiger partial charge in [-0.3, -0.25) is 4.79 Å². The van der Waals surface area contributed by atoms with E-state index in [2.05, 4.69) is 5.32 Å². The lowest BCUT2D eigenvalue weighted by molar-refractivity contribution is -0.159. The zero-order valence-corrected chi connectivity index (χ0v) is 12.1. The monoisotopic (exact) mass is 284 g/mol. The molecule has 2 aliphatic heterocycles. The summed E-state index contributed by atoms with van der Waals surface area (Å²) in [6.07, 6.45) is 3.66. The van der Waals surface area contributed by atoms with Gasteiger partial charge in [-0.15, -0.1) is 0 Å². The number of likely N-dealkylation sites (tertiary alicyclic amines) is 1. The van der Waals surface area contributed by atoms with E-state index in [1.165, 1.54) is 4.90 Å². The number of piperidine rings is 1. The summed E-state index contributed by atoms with van der Waals surface area (Å²) >= 11 is 0. The second-order valence-electron chi connectivity index (χ2n) is 5.60. The summed E-state index contributed by atoms with van der Waals surface area (Å²) in [5.74, 6) is -1.09. The minimum Gasteiger partial charge on any atom is -0.479 e. The molecule has 0 spiro atoms. The maximum atomic E-state index is 12.3. The maximum absolute atomic E-state index is 12.3. The topological polar surface area (TPSA) is 78.9 Å². The van der Waals surface area contributed by atoms with Gasteiger partial charge in [0.15, 0.2) is 0 Å². The number of hydrogen-bond acceptors (Lipinski definition) is 4. The van der Waals surface area contributed by atoms with Crippen LogP contribution in [0.15, 0.2) is 0 Å². The summed E-state index contributed by atoms with van der Waals surface area (Å²) < 4.78 is 5.65. The fourth-order valence-electron chi connectivity index (χ4n) is 3.21. The first-order valence-electron chi connectivity index (χ1n) is 7.46. The van der Waals surface area contributed by atoms with Crippen LogP contribution in [0.3, 0.4) is 0 Å². The number of carbonyl (C=O) groups excluding carboxylic acids is 1. The molecule has 1 unspecified atom stereocenters. The zero-order valence-electron chi connectivity index (χ0n) is 12.1. The second-order valence-corrected chi connectivity index (χ2v) is 5.60. The van der Waals surface area contributed by atoms with Gasteiger partial charge in [0.1, 0.15) is 12.1 Å². The third-order valence-corrected chi connectivity index (χ3v) is 4.50. The van der Waals surface area contributed by atoms with Gasteiger partial charge in [0.05, 0.1) is 6.10 Å². The van der Waals surface area contributed by atoms with Crippen LogP contribution in [0.1, 0.15) is 39.0 Å². The van der Waals surface area contributed by atoms with Crippen molar-refractivity contribution in [2.75, 3.05) is 26.2 Å². The lowest BCUT2D eigenvalue weighted by Gasteiger charge is -2.34. The van der Waals surface area contributed by atoms with E-state index in [-0.39, 0.29) is 18.6 Å². The Morgan fingerprint density at radius 3 is 2.70 bits per heavy atom. The molecule has 0 aromatic rings. The first-order chi connectivity index (χ1) is 9.60. The SMILES string of the molecule is CCC1(C(=O)O)CCCN1C(=O)COC1CCNCC1. The largest absolute Gasteiger partial charge is 0.479 e. The van der Waals surface area contributed by atoms with Gasteiger partial charge in [-0.1, -0.05) is 6.92 Å². The van der Waals surface area contributed by atoms with E-state index in [0.29, 0.717) is 19.4 Å². The van der Waals surface area contributed by atoms with Crippen LogP contribution in [0, 0.1) is 0 Å². The van der Waals surface area contributed by atoms with Crippen molar-refractivity contribution in [2.45, 2.75) is 50.7 Å². The molecule has 0 bridgehead atoms. The van der Waals surface area contributed by atoms with Gasteiger partial charge in [-0.2, -0.15) is 0 Å². The van der Waals surface area contributed by atoms with Gasteiger partial charge in [-0.05, 0) is 45.2 Å². The van der Waals surface area contributed by atoms with E-state index < -0.39 is 11.5 Å². The molecule has 1 atom stereocenters. The van der Waals surface area contributed by atoms with E-state index in [0.717, 1.165) is 32.4 Å². The summed E-state index contributed by atoms with van der Waals surface area (Å²) in [7, 11) is 0. The molecule has 6 nitrogen and oxygen atoms in total. The molecule has 1 amide bonds. The summed E-state index contributed by atoms with van der Waals surface area (Å²) in [5.41, 5.74) is -1.02. The minimum atomic E-state index is -1.02. The summed E-state index contributed by atoms with van der Waals surface area (Å²) in [5, 5.41) is 12.7. The van der Waals surface area contributed by atoms with Crippen LogP contribution in [-0.2, 0) is 14.3 Å². The molecule has 2 rings (SSSR count). The Balaban J connectivity index is 1.92. The quantitative estimate of drug-likeness (QED) is 0.773. The molecule has 0 saturated carbocycles. The Hall–Kier alpha value is -1.14. The normalized spacial score (nSPS) is 27.8. The number of ether oxygens (including phenoxy) is 1. The summed E-state index contributed by atoms with van der Waals surface area (Å²) in [6, 6.07) is 0. The minimum absolute atomic E-state index is 0.000301. The van der Waals surface area contributed by atoms with Crippen LogP contribution >= 0.6 is 0 Å². The molecule has 114 valence electrons. The van der Waals surface area contributed by atoms with Crippen molar-refractivity contribution in [3.8, 4) is 0 Å². The molecule has 2 saturated heterocycles. The van der Waals surface area contributed by atoms with Gasteiger partial charge >= 0.3 is 5.97 Å². The fourth-order valence-corrected chi connectivity index (χ4v) is 3.21. The van der Waals surface area contributed by atoms with Crippen molar-refractivity contribution in [3.63, 3.8) is 0 Å². The van der Waals surface area contributed by atoms with E-state index in [1.54, 1.807) is 0 Å². The lowest BCUT2D eigenvalue weighted by Crippen LogP contribution is -2.54. The van der Waals surface area contributed by atoms with Gasteiger partial charge in [0.2, 0.25) is 5.91 Å². The Bertz CT molecular complexity index is 368. The Labute approximate surface area is 119 Å². The van der Waals surface area contributed by atoms with E-state index in [9.17, 15) is 14.7 Å². The highest BCUT2D eigenvalue weighted by atomic mass is 16.5. The Morgan fingerprint density at radius 1 is 1.40 bits per heavy atom. The molecule has 2 N–H and O–H groups in total. The van der Waals surface area contributed by atoms with Crippen LogP contribution in [0.25, 0.3) is 0 Å². The Morgan fingerprint density at radius 2 is 2.10 bits per heavy atom. The molecule has 20 heavy (non-hydrogen) atoms. The van der Waals surface area contributed by atoms with Crippen molar-refractivity contribution in [1.29, 1.82) is 0 Å². The van der Waals surface area contributed by atoms with Gasteiger partial charge in [-0.25, -0.2) is 4.79 Å². The highest BCUT2D eigenvalue weighted by molar-refractivity contribution is 5.88. The predicted molar refractivity (Wildman–Crippen MR) is 73.4 cm³/mol. The zero-order chi connectivity index (χ0) is 14.6. The Kier molecular flexibility index (Phi) is 4.99. The van der Waals surface area contributed by atoms with Gasteiger partial charge in [0.25, 0.3) is 0 Å². The smallest absolute Gasteiger partial charge is 0.329 e. The van der Waals surface area contributed by atoms with Crippen LogP contribution in [-0.4, -0.2) is 59.8 Å². The molecular formula is C14H24N2O4. The first kappa shape index (κ1) is 15.3. The molecule has 0 radical (unpaired) electrons. The van der Waals surface area contributed by atoms with Crippen LogP contribution in [0.4, 0.5) is 0 Å². The van der Waals surface area contributed by atoms with Crippen molar-refractivity contribution in [2.24, 2.45) is 0 Å².